The van der Waals surface area contributed by atoms with Crippen LogP contribution in [-0.2, 0) is 14.3 Å². The largest absolute Gasteiger partial charge is 0.493 e. The van der Waals surface area contributed by atoms with Gasteiger partial charge in [-0.15, -0.1) is 0 Å². The van der Waals surface area contributed by atoms with Gasteiger partial charge in [-0.2, -0.15) is 0 Å². The van der Waals surface area contributed by atoms with Crippen LogP contribution in [0.2, 0.25) is 0 Å². The average molecular weight is 502 g/mol. The predicted molar refractivity (Wildman–Crippen MR) is 142 cm³/mol. The van der Waals surface area contributed by atoms with Crippen LogP contribution in [0.25, 0.3) is 0 Å². The Balaban J connectivity index is 1.56. The Morgan fingerprint density at radius 1 is 0.892 bits per heavy atom. The Labute approximate surface area is 218 Å². The maximum Gasteiger partial charge on any atom is 0.315 e. The number of ether oxygens (including phenoxy) is 3. The number of methoxy groups -OCH3 is 2. The first-order valence-corrected chi connectivity index (χ1v) is 13.3. The van der Waals surface area contributed by atoms with Crippen molar-refractivity contribution in [1.82, 2.24) is 0 Å². The van der Waals surface area contributed by atoms with Crippen molar-refractivity contribution in [2.75, 3.05) is 14.2 Å². The Morgan fingerprint density at radius 2 is 1.62 bits per heavy atom. The number of Topliss-reactive ketones (excluding diaryl/α,β-unsaturated/α-hetero) is 1. The van der Waals surface area contributed by atoms with Gasteiger partial charge in [0.15, 0.2) is 17.3 Å². The molecule has 37 heavy (non-hydrogen) atoms. The molecule has 3 atom stereocenters. The van der Waals surface area contributed by atoms with Crippen LogP contribution in [0, 0.1) is 5.92 Å². The molecule has 1 aliphatic heterocycles. The highest BCUT2D eigenvalue weighted by atomic mass is 16.5. The molecule has 1 unspecified atom stereocenters. The van der Waals surface area contributed by atoms with Crippen molar-refractivity contribution in [2.45, 2.75) is 69.8 Å². The van der Waals surface area contributed by atoms with Crippen LogP contribution in [0.3, 0.4) is 0 Å². The molecule has 1 heterocycles. The van der Waals surface area contributed by atoms with Gasteiger partial charge in [0.2, 0.25) is 0 Å². The van der Waals surface area contributed by atoms with Gasteiger partial charge in [-0.1, -0.05) is 42.8 Å². The van der Waals surface area contributed by atoms with E-state index in [1.165, 1.54) is 6.42 Å². The summed E-state index contributed by atoms with van der Waals surface area (Å²) in [6.07, 6.45) is 6.09. The molecule has 0 spiro atoms. The topological polar surface area (TPSA) is 74.2 Å². The zero-order valence-corrected chi connectivity index (χ0v) is 21.9. The van der Waals surface area contributed by atoms with E-state index in [1.807, 2.05) is 43.3 Å². The third-order valence-electron chi connectivity index (χ3n) is 8.02. The number of ketones is 1. The molecule has 2 aromatic rings. The molecule has 2 aromatic carbocycles. The molecule has 194 valence electrons. The quantitative estimate of drug-likeness (QED) is 0.444. The first kappa shape index (κ1) is 25.2. The Morgan fingerprint density at radius 3 is 2.32 bits per heavy atom. The van der Waals surface area contributed by atoms with Crippen LogP contribution in [0.15, 0.2) is 64.8 Å². The Bertz CT molecular complexity index is 1230. The van der Waals surface area contributed by atoms with Gasteiger partial charge >= 0.3 is 5.97 Å². The molecule has 1 fully saturated rings. The number of carbonyl (C=O) groups is 2. The molecule has 3 aliphatic rings. The maximum absolute atomic E-state index is 13.8. The minimum Gasteiger partial charge on any atom is -0.493 e. The molecule has 2 aliphatic carbocycles. The van der Waals surface area contributed by atoms with E-state index in [9.17, 15) is 9.59 Å². The van der Waals surface area contributed by atoms with Crippen LogP contribution in [-0.4, -0.2) is 37.8 Å². The zero-order chi connectivity index (χ0) is 25.9. The smallest absolute Gasteiger partial charge is 0.315 e. The second kappa shape index (κ2) is 10.9. The summed E-state index contributed by atoms with van der Waals surface area (Å²) in [5.74, 6) is -0.155. The lowest BCUT2D eigenvalue weighted by Crippen LogP contribution is -2.39. The van der Waals surface area contributed by atoms with E-state index in [1.54, 1.807) is 14.2 Å². The van der Waals surface area contributed by atoms with Gasteiger partial charge < -0.3 is 14.2 Å². The summed E-state index contributed by atoms with van der Waals surface area (Å²) in [7, 11) is 3.18. The van der Waals surface area contributed by atoms with Crippen molar-refractivity contribution in [1.29, 1.82) is 0 Å². The summed E-state index contributed by atoms with van der Waals surface area (Å²) >= 11 is 0. The number of nitrogens with zero attached hydrogens (tertiary/aromatic N) is 1. The van der Waals surface area contributed by atoms with E-state index in [-0.39, 0.29) is 23.8 Å². The summed E-state index contributed by atoms with van der Waals surface area (Å²) in [6.45, 7) is 1.89. The molecule has 0 N–H and O–H groups in total. The minimum atomic E-state index is -0.656. The fourth-order valence-corrected chi connectivity index (χ4v) is 6.15. The SMILES string of the molecule is COc1ccc([C@@H]2C3=C(C[C@@H](c4ccccc4)CC3=O)N=C(C)C2C(=O)OC2CCCCC2)cc1OC. The second-order valence-corrected chi connectivity index (χ2v) is 10.3. The first-order chi connectivity index (χ1) is 18.0. The van der Waals surface area contributed by atoms with E-state index in [0.717, 1.165) is 42.5 Å². The average Bonchev–Trinajstić information content (AvgIpc) is 2.92. The Hall–Kier alpha value is -3.41. The van der Waals surface area contributed by atoms with Crippen molar-refractivity contribution >= 4 is 17.5 Å². The summed E-state index contributed by atoms with van der Waals surface area (Å²) in [5.41, 5.74) is 4.08. The van der Waals surface area contributed by atoms with E-state index < -0.39 is 11.8 Å². The fraction of sp³-hybridized carbons (Fsp3) is 0.452. The lowest BCUT2D eigenvalue weighted by molar-refractivity contribution is -0.153. The lowest BCUT2D eigenvalue weighted by atomic mass is 9.69. The van der Waals surface area contributed by atoms with Gasteiger partial charge in [0.25, 0.3) is 0 Å². The summed E-state index contributed by atoms with van der Waals surface area (Å²) in [4.78, 5) is 32.4. The lowest BCUT2D eigenvalue weighted by Gasteiger charge is -2.37. The van der Waals surface area contributed by atoms with E-state index in [4.69, 9.17) is 19.2 Å². The van der Waals surface area contributed by atoms with Crippen molar-refractivity contribution in [3.63, 3.8) is 0 Å². The van der Waals surface area contributed by atoms with Gasteiger partial charge in [-0.25, -0.2) is 0 Å². The molecule has 0 saturated heterocycles. The molecule has 0 amide bonds. The highest BCUT2D eigenvalue weighted by Gasteiger charge is 2.45. The number of aliphatic imine (C=N–C) groups is 1. The monoisotopic (exact) mass is 501 g/mol. The fourth-order valence-electron chi connectivity index (χ4n) is 6.15. The number of hydrogen-bond acceptors (Lipinski definition) is 6. The van der Waals surface area contributed by atoms with Crippen LogP contribution < -0.4 is 9.47 Å². The van der Waals surface area contributed by atoms with Gasteiger partial charge in [0, 0.05) is 29.3 Å². The standard InChI is InChI=1S/C31H35NO5/c1-19-28(31(34)37-23-12-8-5-9-13-23)29(21-14-15-26(35-2)27(18-21)36-3)30-24(32-19)16-22(17-25(30)33)20-10-6-4-7-11-20/h4,6-7,10-11,14-15,18,22-23,28-29H,5,8-9,12-13,16-17H2,1-3H3/t22-,28?,29+/m1/s1. The number of hydrogen-bond donors (Lipinski definition) is 0. The van der Waals surface area contributed by atoms with Crippen molar-refractivity contribution < 1.29 is 23.8 Å². The van der Waals surface area contributed by atoms with Gasteiger partial charge in [-0.3, -0.25) is 14.6 Å². The summed E-state index contributed by atoms with van der Waals surface area (Å²) < 4.78 is 17.1. The van der Waals surface area contributed by atoms with Gasteiger partial charge in [0.05, 0.1) is 14.2 Å². The molecule has 0 bridgehead atoms. The molecular formula is C31H35NO5. The highest BCUT2D eigenvalue weighted by molar-refractivity contribution is 6.09. The third-order valence-corrected chi connectivity index (χ3v) is 8.02. The number of carbonyl (C=O) groups excluding carboxylic acids is 2. The minimum absolute atomic E-state index is 0.0432. The van der Waals surface area contributed by atoms with Crippen LogP contribution in [0.5, 0.6) is 11.5 Å². The molecule has 0 aromatic heterocycles. The van der Waals surface area contributed by atoms with E-state index >= 15 is 0 Å². The molecule has 0 radical (unpaired) electrons. The highest BCUT2D eigenvalue weighted by Crippen LogP contribution is 2.48. The van der Waals surface area contributed by atoms with Crippen LogP contribution >= 0.6 is 0 Å². The molecular weight excluding hydrogens is 466 g/mol. The number of rotatable bonds is 6. The maximum atomic E-state index is 13.8. The predicted octanol–water partition coefficient (Wildman–Crippen LogP) is 6.15. The van der Waals surface area contributed by atoms with Crippen LogP contribution in [0.1, 0.15) is 74.8 Å². The first-order valence-electron chi connectivity index (χ1n) is 13.3. The van der Waals surface area contributed by atoms with Crippen molar-refractivity contribution in [3.05, 3.63) is 70.9 Å². The van der Waals surface area contributed by atoms with Gasteiger partial charge in [-0.05, 0) is 68.2 Å². The summed E-state index contributed by atoms with van der Waals surface area (Å²) in [5, 5.41) is 0. The molecule has 1 saturated carbocycles. The van der Waals surface area contributed by atoms with Crippen LogP contribution in [0.4, 0.5) is 0 Å². The molecule has 6 heteroatoms. The number of esters is 1. The number of benzene rings is 2. The Kier molecular flexibility index (Phi) is 7.45. The number of allylic oxidation sites excluding steroid dienone is 2. The third kappa shape index (κ3) is 5.07. The normalized spacial score (nSPS) is 24.2. The molecule has 6 nitrogen and oxygen atoms in total. The zero-order valence-electron chi connectivity index (χ0n) is 21.9. The van der Waals surface area contributed by atoms with Crippen molar-refractivity contribution in [2.24, 2.45) is 10.9 Å². The molecule has 5 rings (SSSR count). The summed E-state index contributed by atoms with van der Waals surface area (Å²) in [6, 6.07) is 15.8. The van der Waals surface area contributed by atoms with Crippen molar-refractivity contribution in [3.8, 4) is 11.5 Å². The van der Waals surface area contributed by atoms with E-state index in [0.29, 0.717) is 35.6 Å². The second-order valence-electron chi connectivity index (χ2n) is 10.3. The van der Waals surface area contributed by atoms with E-state index in [2.05, 4.69) is 12.1 Å². The van der Waals surface area contributed by atoms with Gasteiger partial charge in [0.1, 0.15) is 12.0 Å².